The fraction of sp³-hybridized carbons (Fsp3) is 0.118. The van der Waals surface area contributed by atoms with Gasteiger partial charge in [0.1, 0.15) is 11.9 Å². The molecule has 0 amide bonds. The molecule has 3 heteroatoms. The molecule has 1 N–H and O–H groups in total. The van der Waals surface area contributed by atoms with Gasteiger partial charge in [-0.3, -0.25) is 4.98 Å². The van der Waals surface area contributed by atoms with Gasteiger partial charge in [0.2, 0.25) is 0 Å². The Morgan fingerprint density at radius 3 is 2.60 bits per heavy atom. The predicted molar refractivity (Wildman–Crippen MR) is 76.9 cm³/mol. The highest BCUT2D eigenvalue weighted by molar-refractivity contribution is 5.79. The number of rotatable bonds is 2. The maximum Gasteiger partial charge on any atom is 0.126 e. The second-order valence-corrected chi connectivity index (χ2v) is 4.87. The van der Waals surface area contributed by atoms with Crippen molar-refractivity contribution in [1.29, 1.82) is 0 Å². The summed E-state index contributed by atoms with van der Waals surface area (Å²) in [4.78, 5) is 4.28. The molecule has 1 heterocycles. The van der Waals surface area contributed by atoms with E-state index in [-0.39, 0.29) is 5.82 Å². The number of hydrogen-bond donors (Lipinski definition) is 1. The number of aliphatic hydroxyl groups is 1. The standard InChI is InChI=1S/C17H14FNO/c1-11-9-13(6-7-15(11)18)17(20)14-5-4-12-3-2-8-19-16(12)10-14/h2-10,17,20H,1H3. The molecule has 0 spiro atoms. The maximum atomic E-state index is 13.3. The molecule has 20 heavy (non-hydrogen) atoms. The highest BCUT2D eigenvalue weighted by atomic mass is 19.1. The van der Waals surface area contributed by atoms with Crippen LogP contribution in [0.25, 0.3) is 10.9 Å². The van der Waals surface area contributed by atoms with Gasteiger partial charge in [-0.2, -0.15) is 0 Å². The first-order valence-electron chi connectivity index (χ1n) is 6.44. The quantitative estimate of drug-likeness (QED) is 0.766. The monoisotopic (exact) mass is 267 g/mol. The molecule has 2 nitrogen and oxygen atoms in total. The summed E-state index contributed by atoms with van der Waals surface area (Å²) >= 11 is 0. The zero-order valence-corrected chi connectivity index (χ0v) is 11.0. The summed E-state index contributed by atoms with van der Waals surface area (Å²) < 4.78 is 13.3. The van der Waals surface area contributed by atoms with Crippen molar-refractivity contribution in [2.45, 2.75) is 13.0 Å². The minimum Gasteiger partial charge on any atom is -0.384 e. The summed E-state index contributed by atoms with van der Waals surface area (Å²) in [6.45, 7) is 1.69. The summed E-state index contributed by atoms with van der Waals surface area (Å²) in [5.41, 5.74) is 2.80. The van der Waals surface area contributed by atoms with Gasteiger partial charge in [-0.25, -0.2) is 4.39 Å². The minimum atomic E-state index is -0.777. The van der Waals surface area contributed by atoms with Gasteiger partial charge in [-0.1, -0.05) is 30.3 Å². The van der Waals surface area contributed by atoms with Crippen molar-refractivity contribution in [3.05, 3.63) is 77.2 Å². The number of benzene rings is 2. The second kappa shape index (κ2) is 5.02. The molecule has 0 aliphatic rings. The number of nitrogens with zero attached hydrogens (tertiary/aromatic N) is 1. The van der Waals surface area contributed by atoms with Crippen LogP contribution in [0.15, 0.2) is 54.7 Å². The summed E-state index contributed by atoms with van der Waals surface area (Å²) in [5.74, 6) is -0.263. The summed E-state index contributed by atoms with van der Waals surface area (Å²) in [7, 11) is 0. The van der Waals surface area contributed by atoms with Crippen molar-refractivity contribution >= 4 is 10.9 Å². The van der Waals surface area contributed by atoms with E-state index in [1.807, 2.05) is 30.3 Å². The third kappa shape index (κ3) is 2.28. The maximum absolute atomic E-state index is 13.3. The number of aliphatic hydroxyl groups excluding tert-OH is 1. The van der Waals surface area contributed by atoms with E-state index < -0.39 is 6.10 Å². The van der Waals surface area contributed by atoms with Crippen molar-refractivity contribution in [2.24, 2.45) is 0 Å². The first-order chi connectivity index (χ1) is 9.65. The van der Waals surface area contributed by atoms with Crippen LogP contribution in [0.4, 0.5) is 4.39 Å². The van der Waals surface area contributed by atoms with Crippen molar-refractivity contribution in [3.8, 4) is 0 Å². The molecule has 0 saturated heterocycles. The lowest BCUT2D eigenvalue weighted by Gasteiger charge is -2.13. The summed E-state index contributed by atoms with van der Waals surface area (Å²) in [5, 5.41) is 11.4. The van der Waals surface area contributed by atoms with Gasteiger partial charge in [0.05, 0.1) is 5.52 Å². The Labute approximate surface area is 116 Å². The first-order valence-corrected chi connectivity index (χ1v) is 6.44. The number of pyridine rings is 1. The van der Waals surface area contributed by atoms with E-state index in [0.717, 1.165) is 16.5 Å². The van der Waals surface area contributed by atoms with E-state index >= 15 is 0 Å². The Morgan fingerprint density at radius 2 is 1.80 bits per heavy atom. The predicted octanol–water partition coefficient (Wildman–Crippen LogP) is 3.76. The zero-order valence-electron chi connectivity index (χ0n) is 11.0. The van der Waals surface area contributed by atoms with E-state index in [0.29, 0.717) is 11.1 Å². The smallest absolute Gasteiger partial charge is 0.126 e. The highest BCUT2D eigenvalue weighted by Crippen LogP contribution is 2.25. The van der Waals surface area contributed by atoms with Crippen molar-refractivity contribution in [2.75, 3.05) is 0 Å². The minimum absolute atomic E-state index is 0.263. The van der Waals surface area contributed by atoms with Crippen LogP contribution in [0.5, 0.6) is 0 Å². The summed E-state index contributed by atoms with van der Waals surface area (Å²) in [6, 6.07) is 14.2. The first kappa shape index (κ1) is 12.8. The molecule has 0 fully saturated rings. The number of aryl methyl sites for hydroxylation is 1. The van der Waals surface area contributed by atoms with E-state index in [9.17, 15) is 9.50 Å². The van der Waals surface area contributed by atoms with Gasteiger partial charge in [0.25, 0.3) is 0 Å². The molecule has 1 unspecified atom stereocenters. The van der Waals surface area contributed by atoms with Crippen LogP contribution in [0.1, 0.15) is 22.8 Å². The zero-order chi connectivity index (χ0) is 14.1. The third-order valence-electron chi connectivity index (χ3n) is 3.44. The fourth-order valence-corrected chi connectivity index (χ4v) is 2.28. The van der Waals surface area contributed by atoms with Crippen LogP contribution in [-0.4, -0.2) is 10.1 Å². The van der Waals surface area contributed by atoms with Crippen molar-refractivity contribution in [3.63, 3.8) is 0 Å². The van der Waals surface area contributed by atoms with Crippen molar-refractivity contribution < 1.29 is 9.50 Å². The Kier molecular flexibility index (Phi) is 3.20. The molecule has 3 aromatic rings. The molecule has 0 bridgehead atoms. The van der Waals surface area contributed by atoms with Gasteiger partial charge in [0.15, 0.2) is 0 Å². The molecule has 1 aromatic heterocycles. The molecule has 0 radical (unpaired) electrons. The molecular formula is C17H14FNO. The van der Waals surface area contributed by atoms with Crippen LogP contribution in [0.2, 0.25) is 0 Å². The Morgan fingerprint density at radius 1 is 1.05 bits per heavy atom. The number of fused-ring (bicyclic) bond motifs is 1. The fourth-order valence-electron chi connectivity index (χ4n) is 2.28. The lowest BCUT2D eigenvalue weighted by Crippen LogP contribution is -2.01. The van der Waals surface area contributed by atoms with Crippen LogP contribution < -0.4 is 0 Å². The number of hydrogen-bond acceptors (Lipinski definition) is 2. The van der Waals surface area contributed by atoms with Crippen LogP contribution in [0.3, 0.4) is 0 Å². The van der Waals surface area contributed by atoms with Crippen LogP contribution >= 0.6 is 0 Å². The van der Waals surface area contributed by atoms with E-state index in [1.54, 1.807) is 25.3 Å². The third-order valence-corrected chi connectivity index (χ3v) is 3.44. The summed E-state index contributed by atoms with van der Waals surface area (Å²) in [6.07, 6.45) is 0.946. The van der Waals surface area contributed by atoms with Crippen LogP contribution in [-0.2, 0) is 0 Å². The topological polar surface area (TPSA) is 33.1 Å². The molecule has 0 saturated carbocycles. The Bertz CT molecular complexity index is 770. The second-order valence-electron chi connectivity index (χ2n) is 4.87. The van der Waals surface area contributed by atoms with Gasteiger partial charge in [0, 0.05) is 11.6 Å². The van der Waals surface area contributed by atoms with Gasteiger partial charge >= 0.3 is 0 Å². The number of aromatic nitrogens is 1. The largest absolute Gasteiger partial charge is 0.384 e. The molecular weight excluding hydrogens is 253 g/mol. The van der Waals surface area contributed by atoms with Crippen LogP contribution in [0, 0.1) is 12.7 Å². The van der Waals surface area contributed by atoms with Gasteiger partial charge in [-0.15, -0.1) is 0 Å². The molecule has 3 rings (SSSR count). The van der Waals surface area contributed by atoms with E-state index in [2.05, 4.69) is 4.98 Å². The average Bonchev–Trinajstić information content (AvgIpc) is 2.49. The lowest BCUT2D eigenvalue weighted by atomic mass is 9.99. The van der Waals surface area contributed by atoms with Gasteiger partial charge < -0.3 is 5.11 Å². The van der Waals surface area contributed by atoms with E-state index in [1.165, 1.54) is 6.07 Å². The molecule has 2 aromatic carbocycles. The molecule has 0 aliphatic carbocycles. The molecule has 0 aliphatic heterocycles. The van der Waals surface area contributed by atoms with Crippen molar-refractivity contribution in [1.82, 2.24) is 4.98 Å². The SMILES string of the molecule is Cc1cc(C(O)c2ccc3cccnc3c2)ccc1F. The van der Waals surface area contributed by atoms with Gasteiger partial charge in [-0.05, 0) is 41.8 Å². The normalized spacial score (nSPS) is 12.6. The number of halogens is 1. The van der Waals surface area contributed by atoms with E-state index in [4.69, 9.17) is 0 Å². The lowest BCUT2D eigenvalue weighted by molar-refractivity contribution is 0.220. The Hall–Kier alpha value is -2.26. The average molecular weight is 267 g/mol. The molecule has 1 atom stereocenters. The Balaban J connectivity index is 2.02. The molecule has 100 valence electrons. The highest BCUT2D eigenvalue weighted by Gasteiger charge is 2.12.